The minimum Gasteiger partial charge on any atom is -0.343 e. The predicted octanol–water partition coefficient (Wildman–Crippen LogP) is 1.30. The summed E-state index contributed by atoms with van der Waals surface area (Å²) in [5.41, 5.74) is 0. The van der Waals surface area contributed by atoms with Gasteiger partial charge >= 0.3 is 0 Å². The van der Waals surface area contributed by atoms with E-state index in [-0.39, 0.29) is 23.9 Å². The van der Waals surface area contributed by atoms with Crippen LogP contribution in [0, 0.1) is 5.92 Å². The molecule has 0 aromatic carbocycles. The number of amides is 2. The first-order valence-corrected chi connectivity index (χ1v) is 6.74. The van der Waals surface area contributed by atoms with Gasteiger partial charge in [0.25, 0.3) is 0 Å². The van der Waals surface area contributed by atoms with Gasteiger partial charge in [-0.05, 0) is 32.1 Å². The normalized spacial score (nSPS) is 30.1. The first kappa shape index (κ1) is 12.4. The number of rotatable bonds is 4. The van der Waals surface area contributed by atoms with Gasteiger partial charge in [0.05, 0.1) is 0 Å². The van der Waals surface area contributed by atoms with Crippen LogP contribution in [-0.4, -0.2) is 35.3 Å². The highest BCUT2D eigenvalue weighted by atomic mass is 16.2. The molecule has 4 heteroatoms. The molecule has 2 unspecified atom stereocenters. The molecule has 0 radical (unpaired) electrons. The smallest absolute Gasteiger partial charge is 0.245 e. The number of carbonyl (C=O) groups excluding carboxylic acids is 2. The Kier molecular flexibility index (Phi) is 3.69. The van der Waals surface area contributed by atoms with Crippen molar-refractivity contribution in [1.82, 2.24) is 10.2 Å². The number of hydrogen-bond acceptors (Lipinski definition) is 2. The zero-order valence-electron chi connectivity index (χ0n) is 10.7. The molecule has 1 aliphatic heterocycles. The van der Waals surface area contributed by atoms with Crippen molar-refractivity contribution in [3.05, 3.63) is 0 Å². The van der Waals surface area contributed by atoms with Crippen molar-refractivity contribution in [3.8, 4) is 0 Å². The SMILES string of the molecule is CCCC1NC(=O)C(C)N(CC2CCC2)C1=O. The van der Waals surface area contributed by atoms with E-state index in [9.17, 15) is 9.59 Å². The number of nitrogens with zero attached hydrogens (tertiary/aromatic N) is 1. The third-order valence-corrected chi connectivity index (χ3v) is 4.00. The third kappa shape index (κ3) is 2.45. The van der Waals surface area contributed by atoms with Crippen LogP contribution in [0.4, 0.5) is 0 Å². The lowest BCUT2D eigenvalue weighted by Gasteiger charge is -2.41. The highest BCUT2D eigenvalue weighted by Crippen LogP contribution is 2.28. The zero-order chi connectivity index (χ0) is 12.4. The Balaban J connectivity index is 2.03. The number of hydrogen-bond donors (Lipinski definition) is 1. The Morgan fingerprint density at radius 3 is 2.59 bits per heavy atom. The lowest BCUT2D eigenvalue weighted by molar-refractivity contribution is -0.150. The van der Waals surface area contributed by atoms with Gasteiger partial charge in [0.1, 0.15) is 12.1 Å². The van der Waals surface area contributed by atoms with Crippen molar-refractivity contribution in [1.29, 1.82) is 0 Å². The molecule has 2 amide bonds. The summed E-state index contributed by atoms with van der Waals surface area (Å²) in [6, 6.07) is -0.583. The van der Waals surface area contributed by atoms with Gasteiger partial charge in [-0.2, -0.15) is 0 Å². The molecule has 1 saturated carbocycles. The summed E-state index contributed by atoms with van der Waals surface area (Å²) in [5, 5.41) is 2.83. The van der Waals surface area contributed by atoms with Crippen LogP contribution in [0.2, 0.25) is 0 Å². The van der Waals surface area contributed by atoms with Gasteiger partial charge in [-0.3, -0.25) is 9.59 Å². The predicted molar refractivity (Wildman–Crippen MR) is 65.4 cm³/mol. The van der Waals surface area contributed by atoms with Gasteiger partial charge in [-0.1, -0.05) is 19.8 Å². The van der Waals surface area contributed by atoms with Crippen molar-refractivity contribution in [2.45, 2.75) is 58.0 Å². The van der Waals surface area contributed by atoms with Crippen LogP contribution in [0.25, 0.3) is 0 Å². The maximum absolute atomic E-state index is 12.3. The maximum Gasteiger partial charge on any atom is 0.245 e. The second-order valence-electron chi connectivity index (χ2n) is 5.31. The van der Waals surface area contributed by atoms with Gasteiger partial charge in [0.15, 0.2) is 0 Å². The van der Waals surface area contributed by atoms with Crippen molar-refractivity contribution >= 4 is 11.8 Å². The Labute approximate surface area is 103 Å². The molecule has 1 saturated heterocycles. The molecule has 2 aliphatic rings. The van der Waals surface area contributed by atoms with E-state index in [4.69, 9.17) is 0 Å². The molecular formula is C13H22N2O2. The standard InChI is InChI=1S/C13H22N2O2/c1-3-5-11-13(17)15(8-10-6-4-7-10)9(2)12(16)14-11/h9-11H,3-8H2,1-2H3,(H,14,16). The van der Waals surface area contributed by atoms with Gasteiger partial charge in [0, 0.05) is 6.54 Å². The van der Waals surface area contributed by atoms with Crippen LogP contribution in [0.15, 0.2) is 0 Å². The van der Waals surface area contributed by atoms with Crippen LogP contribution in [0.5, 0.6) is 0 Å². The molecule has 1 aliphatic carbocycles. The molecule has 4 nitrogen and oxygen atoms in total. The van der Waals surface area contributed by atoms with E-state index in [1.54, 1.807) is 4.90 Å². The van der Waals surface area contributed by atoms with E-state index >= 15 is 0 Å². The van der Waals surface area contributed by atoms with Crippen LogP contribution >= 0.6 is 0 Å². The molecular weight excluding hydrogens is 216 g/mol. The first-order valence-electron chi connectivity index (χ1n) is 6.74. The summed E-state index contributed by atoms with van der Waals surface area (Å²) >= 11 is 0. The van der Waals surface area contributed by atoms with Gasteiger partial charge < -0.3 is 10.2 Å². The highest BCUT2D eigenvalue weighted by Gasteiger charge is 2.38. The van der Waals surface area contributed by atoms with E-state index in [0.717, 1.165) is 19.4 Å². The second kappa shape index (κ2) is 5.07. The maximum atomic E-state index is 12.3. The first-order chi connectivity index (χ1) is 8.13. The number of carbonyl (C=O) groups is 2. The lowest BCUT2D eigenvalue weighted by atomic mass is 9.84. The molecule has 0 spiro atoms. The molecule has 0 aromatic rings. The van der Waals surface area contributed by atoms with Crippen LogP contribution in [-0.2, 0) is 9.59 Å². The topological polar surface area (TPSA) is 49.4 Å². The van der Waals surface area contributed by atoms with E-state index in [1.165, 1.54) is 19.3 Å². The molecule has 0 bridgehead atoms. The fraction of sp³-hybridized carbons (Fsp3) is 0.846. The van der Waals surface area contributed by atoms with Crippen LogP contribution in [0.3, 0.4) is 0 Å². The van der Waals surface area contributed by atoms with Gasteiger partial charge in [-0.15, -0.1) is 0 Å². The minimum absolute atomic E-state index is 0.00220. The number of piperazine rings is 1. The summed E-state index contributed by atoms with van der Waals surface area (Å²) in [5.74, 6) is 0.739. The summed E-state index contributed by atoms with van der Waals surface area (Å²) in [6.45, 7) is 4.63. The molecule has 1 heterocycles. The Morgan fingerprint density at radius 2 is 2.06 bits per heavy atom. The van der Waals surface area contributed by atoms with Gasteiger partial charge in [-0.25, -0.2) is 0 Å². The Morgan fingerprint density at radius 1 is 1.35 bits per heavy atom. The Bertz CT molecular complexity index is 313. The zero-order valence-corrected chi connectivity index (χ0v) is 10.7. The van der Waals surface area contributed by atoms with Crippen molar-refractivity contribution in [2.24, 2.45) is 5.92 Å². The van der Waals surface area contributed by atoms with E-state index in [2.05, 4.69) is 5.32 Å². The minimum atomic E-state index is -0.295. The fourth-order valence-electron chi connectivity index (χ4n) is 2.57. The summed E-state index contributed by atoms with van der Waals surface area (Å²) in [7, 11) is 0. The molecule has 2 fully saturated rings. The van der Waals surface area contributed by atoms with Crippen molar-refractivity contribution in [2.75, 3.05) is 6.54 Å². The molecule has 2 atom stereocenters. The summed E-state index contributed by atoms with van der Waals surface area (Å²) < 4.78 is 0. The lowest BCUT2D eigenvalue weighted by Crippen LogP contribution is -2.63. The van der Waals surface area contributed by atoms with Crippen LogP contribution in [0.1, 0.15) is 46.0 Å². The Hall–Kier alpha value is -1.06. The molecule has 96 valence electrons. The van der Waals surface area contributed by atoms with Crippen molar-refractivity contribution < 1.29 is 9.59 Å². The van der Waals surface area contributed by atoms with E-state index in [1.807, 2.05) is 13.8 Å². The largest absolute Gasteiger partial charge is 0.343 e. The van der Waals surface area contributed by atoms with Crippen LogP contribution < -0.4 is 5.32 Å². The van der Waals surface area contributed by atoms with Gasteiger partial charge in [0.2, 0.25) is 11.8 Å². The molecule has 0 aromatic heterocycles. The second-order valence-corrected chi connectivity index (χ2v) is 5.31. The van der Waals surface area contributed by atoms with E-state index in [0.29, 0.717) is 5.92 Å². The fourth-order valence-corrected chi connectivity index (χ4v) is 2.57. The van der Waals surface area contributed by atoms with E-state index < -0.39 is 0 Å². The third-order valence-electron chi connectivity index (χ3n) is 4.00. The number of nitrogens with one attached hydrogen (secondary N) is 1. The average Bonchev–Trinajstić information content (AvgIpc) is 2.24. The van der Waals surface area contributed by atoms with Crippen molar-refractivity contribution in [3.63, 3.8) is 0 Å². The molecule has 1 N–H and O–H groups in total. The highest BCUT2D eigenvalue weighted by molar-refractivity contribution is 5.96. The molecule has 2 rings (SSSR count). The summed E-state index contributed by atoms with van der Waals surface area (Å²) in [6.07, 6.45) is 5.35. The summed E-state index contributed by atoms with van der Waals surface area (Å²) in [4.78, 5) is 25.9. The quantitative estimate of drug-likeness (QED) is 0.802. The molecule has 17 heavy (non-hydrogen) atoms. The monoisotopic (exact) mass is 238 g/mol. The average molecular weight is 238 g/mol.